The van der Waals surface area contributed by atoms with Crippen LogP contribution in [0.25, 0.3) is 4.85 Å². The van der Waals surface area contributed by atoms with Crippen LogP contribution in [0.15, 0.2) is 36.4 Å². The molecular formula is C24H27NO. The van der Waals surface area contributed by atoms with Crippen LogP contribution in [0, 0.1) is 32.3 Å². The van der Waals surface area contributed by atoms with Gasteiger partial charge in [-0.2, -0.15) is 0 Å². The van der Waals surface area contributed by atoms with Gasteiger partial charge in [0.25, 0.3) is 0 Å². The fourth-order valence-corrected chi connectivity index (χ4v) is 2.94. The highest BCUT2D eigenvalue weighted by atomic mass is 16.5. The molecule has 134 valence electrons. The Morgan fingerprint density at radius 3 is 2.19 bits per heavy atom. The second-order valence-corrected chi connectivity index (χ2v) is 6.77. The van der Waals surface area contributed by atoms with Gasteiger partial charge in [-0.15, -0.1) is 0 Å². The van der Waals surface area contributed by atoms with E-state index in [1.54, 1.807) is 0 Å². The maximum Gasteiger partial charge on any atom is 0.193 e. The number of unbranched alkanes of at least 4 members (excludes halogenated alkanes) is 2. The summed E-state index contributed by atoms with van der Waals surface area (Å²) in [6.45, 7) is 15.5. The third kappa shape index (κ3) is 5.68. The van der Waals surface area contributed by atoms with Crippen molar-refractivity contribution in [3.05, 3.63) is 70.1 Å². The van der Waals surface area contributed by atoms with E-state index < -0.39 is 0 Å². The van der Waals surface area contributed by atoms with Crippen LogP contribution in [0.4, 0.5) is 5.69 Å². The van der Waals surface area contributed by atoms with Crippen molar-refractivity contribution in [1.29, 1.82) is 0 Å². The summed E-state index contributed by atoms with van der Waals surface area (Å²) in [5.74, 6) is 7.28. The van der Waals surface area contributed by atoms with Crippen LogP contribution in [0.5, 0.6) is 5.75 Å². The number of hydrogen-bond donors (Lipinski definition) is 0. The Hall–Kier alpha value is -2.71. The lowest BCUT2D eigenvalue weighted by Gasteiger charge is -2.14. The zero-order valence-electron chi connectivity index (χ0n) is 16.2. The Morgan fingerprint density at radius 1 is 1.00 bits per heavy atom. The number of benzene rings is 2. The van der Waals surface area contributed by atoms with Gasteiger partial charge in [-0.3, -0.25) is 0 Å². The van der Waals surface area contributed by atoms with Gasteiger partial charge in [0.15, 0.2) is 5.69 Å². The minimum absolute atomic E-state index is 0.241. The predicted molar refractivity (Wildman–Crippen MR) is 109 cm³/mol. The molecule has 26 heavy (non-hydrogen) atoms. The zero-order chi connectivity index (χ0) is 18.9. The van der Waals surface area contributed by atoms with Gasteiger partial charge in [0.05, 0.1) is 12.7 Å². The molecule has 2 nitrogen and oxygen atoms in total. The Labute approximate surface area is 158 Å². The molecule has 0 saturated carbocycles. The molecule has 0 bridgehead atoms. The normalized spacial score (nSPS) is 11.2. The van der Waals surface area contributed by atoms with Gasteiger partial charge in [-0.25, -0.2) is 4.85 Å². The average Bonchev–Trinajstić information content (AvgIpc) is 2.61. The molecule has 0 saturated heterocycles. The van der Waals surface area contributed by atoms with Crippen LogP contribution in [-0.2, 0) is 0 Å². The Kier molecular flexibility index (Phi) is 7.31. The summed E-state index contributed by atoms with van der Waals surface area (Å²) in [5, 5.41) is 0. The minimum atomic E-state index is 0.241. The number of aryl methyl sites for hydroxylation is 2. The van der Waals surface area contributed by atoms with Crippen LogP contribution in [0.1, 0.15) is 61.8 Å². The maximum absolute atomic E-state index is 7.22. The molecule has 0 N–H and O–H groups in total. The van der Waals surface area contributed by atoms with Crippen molar-refractivity contribution in [2.24, 2.45) is 0 Å². The predicted octanol–water partition coefficient (Wildman–Crippen LogP) is 6.60. The Bertz CT molecular complexity index is 808. The summed E-state index contributed by atoms with van der Waals surface area (Å²) in [5.41, 5.74) is 4.58. The van der Waals surface area contributed by atoms with Gasteiger partial charge in [-0.1, -0.05) is 43.7 Å². The zero-order valence-corrected chi connectivity index (χ0v) is 16.2. The van der Waals surface area contributed by atoms with Crippen molar-refractivity contribution in [3.8, 4) is 17.6 Å². The number of ether oxygens (including phenoxy) is 1. The quantitative estimate of drug-likeness (QED) is 0.326. The Morgan fingerprint density at radius 2 is 1.62 bits per heavy atom. The molecule has 0 aliphatic rings. The fourth-order valence-electron chi connectivity index (χ4n) is 2.94. The van der Waals surface area contributed by atoms with Crippen molar-refractivity contribution >= 4 is 5.69 Å². The molecule has 0 unspecified atom stereocenters. The average molecular weight is 345 g/mol. The van der Waals surface area contributed by atoms with Crippen LogP contribution in [0.3, 0.4) is 0 Å². The van der Waals surface area contributed by atoms with Gasteiger partial charge < -0.3 is 4.74 Å². The van der Waals surface area contributed by atoms with E-state index in [1.165, 1.54) is 19.3 Å². The van der Waals surface area contributed by atoms with E-state index in [-0.39, 0.29) is 6.10 Å². The summed E-state index contributed by atoms with van der Waals surface area (Å²) in [7, 11) is 0. The standard InChI is InChI=1S/C24H27NO/c1-6-7-8-9-20(4)26-23-14-12-21(13-15-23)10-11-22-16-18(2)24(25-5)19(3)17-22/h12-17,20H,6-9H2,1-4H3/t20-/m0/s1. The van der Waals surface area contributed by atoms with E-state index >= 15 is 0 Å². The molecule has 2 aromatic rings. The molecule has 0 spiro atoms. The molecule has 2 rings (SSSR count). The molecule has 0 fully saturated rings. The molecule has 2 heteroatoms. The smallest absolute Gasteiger partial charge is 0.193 e. The van der Waals surface area contributed by atoms with E-state index in [0.717, 1.165) is 40.1 Å². The van der Waals surface area contributed by atoms with Crippen molar-refractivity contribution in [1.82, 2.24) is 0 Å². The van der Waals surface area contributed by atoms with Crippen LogP contribution in [0.2, 0.25) is 0 Å². The summed E-state index contributed by atoms with van der Waals surface area (Å²) in [6.07, 6.45) is 5.05. The van der Waals surface area contributed by atoms with Crippen molar-refractivity contribution in [3.63, 3.8) is 0 Å². The summed E-state index contributed by atoms with van der Waals surface area (Å²) in [4.78, 5) is 3.57. The van der Waals surface area contributed by atoms with E-state index in [2.05, 4.69) is 30.5 Å². The summed E-state index contributed by atoms with van der Waals surface area (Å²) < 4.78 is 5.96. The number of nitrogens with zero attached hydrogens (tertiary/aromatic N) is 1. The lowest BCUT2D eigenvalue weighted by atomic mass is 10.0. The second kappa shape index (κ2) is 9.69. The first-order chi connectivity index (χ1) is 12.5. The molecule has 0 heterocycles. The molecule has 1 atom stereocenters. The lowest BCUT2D eigenvalue weighted by Crippen LogP contribution is -2.11. The molecule has 0 aliphatic carbocycles. The number of rotatable bonds is 6. The van der Waals surface area contributed by atoms with E-state index in [0.29, 0.717) is 0 Å². The van der Waals surface area contributed by atoms with Crippen LogP contribution < -0.4 is 4.74 Å². The topological polar surface area (TPSA) is 13.6 Å². The van der Waals surface area contributed by atoms with E-state index in [4.69, 9.17) is 11.3 Å². The van der Waals surface area contributed by atoms with Gasteiger partial charge in [0.1, 0.15) is 5.75 Å². The van der Waals surface area contributed by atoms with Gasteiger partial charge in [0.2, 0.25) is 0 Å². The van der Waals surface area contributed by atoms with Crippen molar-refractivity contribution < 1.29 is 4.74 Å². The SMILES string of the molecule is [C-]#[N+]c1c(C)cc(C#Cc2ccc(O[C@@H](C)CCCCC)cc2)cc1C. The lowest BCUT2D eigenvalue weighted by molar-refractivity contribution is 0.206. The molecule has 0 aromatic heterocycles. The molecule has 0 aliphatic heterocycles. The third-order valence-electron chi connectivity index (χ3n) is 4.36. The summed E-state index contributed by atoms with van der Waals surface area (Å²) in [6, 6.07) is 11.9. The highest BCUT2D eigenvalue weighted by Crippen LogP contribution is 2.24. The van der Waals surface area contributed by atoms with E-state index in [1.807, 2.05) is 50.2 Å². The summed E-state index contributed by atoms with van der Waals surface area (Å²) >= 11 is 0. The molecule has 2 aromatic carbocycles. The van der Waals surface area contributed by atoms with E-state index in [9.17, 15) is 0 Å². The minimum Gasteiger partial charge on any atom is -0.491 e. The Balaban J connectivity index is 2.02. The van der Waals surface area contributed by atoms with Crippen LogP contribution >= 0.6 is 0 Å². The monoisotopic (exact) mass is 345 g/mol. The fraction of sp³-hybridized carbons (Fsp3) is 0.375. The van der Waals surface area contributed by atoms with Gasteiger partial charge in [0, 0.05) is 11.1 Å². The van der Waals surface area contributed by atoms with Crippen LogP contribution in [-0.4, -0.2) is 6.10 Å². The van der Waals surface area contributed by atoms with Gasteiger partial charge >= 0.3 is 0 Å². The largest absolute Gasteiger partial charge is 0.491 e. The second-order valence-electron chi connectivity index (χ2n) is 6.77. The van der Waals surface area contributed by atoms with Gasteiger partial charge in [-0.05, 0) is 69.0 Å². The molecule has 0 radical (unpaired) electrons. The first-order valence-electron chi connectivity index (χ1n) is 9.31. The first kappa shape index (κ1) is 19.6. The first-order valence-corrected chi connectivity index (χ1v) is 9.31. The highest BCUT2D eigenvalue weighted by molar-refractivity contribution is 5.61. The third-order valence-corrected chi connectivity index (χ3v) is 4.36. The highest BCUT2D eigenvalue weighted by Gasteiger charge is 2.04. The maximum atomic E-state index is 7.22. The van der Waals surface area contributed by atoms with Crippen molar-refractivity contribution in [2.45, 2.75) is 59.5 Å². The van der Waals surface area contributed by atoms with Crippen molar-refractivity contribution in [2.75, 3.05) is 0 Å². The molecular weight excluding hydrogens is 318 g/mol. The molecule has 0 amide bonds. The number of hydrogen-bond acceptors (Lipinski definition) is 1.